The fourth-order valence-electron chi connectivity index (χ4n) is 4.26. The average molecular weight is 381 g/mol. The van der Waals surface area contributed by atoms with Crippen LogP contribution in [0.1, 0.15) is 25.0 Å². The molecular formula is C21H23N3O4. The molecule has 2 aromatic rings. The topological polar surface area (TPSA) is 89.5 Å². The highest BCUT2D eigenvalue weighted by molar-refractivity contribution is 5.77. The van der Waals surface area contributed by atoms with Crippen LogP contribution in [0, 0.1) is 0 Å². The van der Waals surface area contributed by atoms with E-state index < -0.39 is 5.54 Å². The van der Waals surface area contributed by atoms with E-state index in [0.717, 1.165) is 35.7 Å². The number of fused-ring (bicyclic) bond motifs is 4. The molecule has 0 bridgehead atoms. The van der Waals surface area contributed by atoms with Crippen LogP contribution in [0.3, 0.4) is 0 Å². The quantitative estimate of drug-likeness (QED) is 0.790. The van der Waals surface area contributed by atoms with Crippen molar-refractivity contribution in [2.45, 2.75) is 25.0 Å². The van der Waals surface area contributed by atoms with Gasteiger partial charge in [-0.05, 0) is 50.2 Å². The molecule has 7 heteroatoms. The van der Waals surface area contributed by atoms with Crippen molar-refractivity contribution in [2.24, 2.45) is 10.7 Å². The van der Waals surface area contributed by atoms with Crippen molar-refractivity contribution in [2.75, 3.05) is 31.2 Å². The summed E-state index contributed by atoms with van der Waals surface area (Å²) in [7, 11) is 0. The molecule has 0 saturated carbocycles. The van der Waals surface area contributed by atoms with Gasteiger partial charge in [-0.2, -0.15) is 0 Å². The van der Waals surface area contributed by atoms with Crippen molar-refractivity contribution < 1.29 is 19.3 Å². The fraction of sp³-hybridized carbons (Fsp3) is 0.381. The Morgan fingerprint density at radius 1 is 1.11 bits per heavy atom. The zero-order chi connectivity index (χ0) is 19.5. The molecule has 146 valence electrons. The summed E-state index contributed by atoms with van der Waals surface area (Å²) < 4.78 is 17.5. The molecule has 1 fully saturated rings. The molecule has 3 N–H and O–H groups in total. The largest absolute Gasteiger partial charge is 0.508 e. The third-order valence-corrected chi connectivity index (χ3v) is 5.56. The maximum absolute atomic E-state index is 10.1. The van der Waals surface area contributed by atoms with Gasteiger partial charge in [-0.25, -0.2) is 4.99 Å². The number of phenols is 1. The van der Waals surface area contributed by atoms with Crippen molar-refractivity contribution >= 4 is 11.7 Å². The van der Waals surface area contributed by atoms with Crippen LogP contribution < -0.4 is 15.4 Å². The number of rotatable bonds is 1. The minimum atomic E-state index is -0.830. The van der Waals surface area contributed by atoms with E-state index >= 15 is 0 Å². The predicted octanol–water partition coefficient (Wildman–Crippen LogP) is 2.70. The van der Waals surface area contributed by atoms with E-state index in [-0.39, 0.29) is 24.0 Å². The van der Waals surface area contributed by atoms with Gasteiger partial charge in [0, 0.05) is 29.9 Å². The van der Waals surface area contributed by atoms with Crippen LogP contribution >= 0.6 is 0 Å². The molecule has 2 aromatic carbocycles. The zero-order valence-electron chi connectivity index (χ0n) is 15.9. The van der Waals surface area contributed by atoms with E-state index in [9.17, 15) is 5.11 Å². The van der Waals surface area contributed by atoms with Crippen LogP contribution in [0.2, 0.25) is 0 Å². The highest BCUT2D eigenvalue weighted by Gasteiger charge is 2.47. The van der Waals surface area contributed by atoms with E-state index in [1.165, 1.54) is 0 Å². The minimum absolute atomic E-state index is 0.139. The van der Waals surface area contributed by atoms with E-state index in [1.807, 2.05) is 6.07 Å². The summed E-state index contributed by atoms with van der Waals surface area (Å²) in [5.74, 6) is 1.51. The second-order valence-electron chi connectivity index (χ2n) is 8.09. The number of anilines is 1. The van der Waals surface area contributed by atoms with Gasteiger partial charge < -0.3 is 30.0 Å². The lowest BCUT2D eigenvalue weighted by Crippen LogP contribution is -2.48. The Morgan fingerprint density at radius 3 is 2.57 bits per heavy atom. The summed E-state index contributed by atoms with van der Waals surface area (Å²) in [4.78, 5) is 6.96. The average Bonchev–Trinajstić information content (AvgIpc) is 3.04. The zero-order valence-corrected chi connectivity index (χ0v) is 15.9. The summed E-state index contributed by atoms with van der Waals surface area (Å²) in [6.45, 7) is 6.74. The molecule has 28 heavy (non-hydrogen) atoms. The Balaban J connectivity index is 1.64. The molecule has 0 radical (unpaired) electrons. The lowest BCUT2D eigenvalue weighted by Gasteiger charge is -2.40. The number of morpholine rings is 1. The van der Waals surface area contributed by atoms with Crippen molar-refractivity contribution in [3.8, 4) is 17.2 Å². The van der Waals surface area contributed by atoms with E-state index in [2.05, 4.69) is 35.9 Å². The highest BCUT2D eigenvalue weighted by atomic mass is 16.5. The Bertz CT molecular complexity index is 988. The molecule has 1 spiro atoms. The third kappa shape index (κ3) is 2.57. The first-order valence-corrected chi connectivity index (χ1v) is 9.39. The summed E-state index contributed by atoms with van der Waals surface area (Å²) in [6.07, 6.45) is 0. The number of amidine groups is 1. The Hall–Kier alpha value is -2.93. The summed E-state index contributed by atoms with van der Waals surface area (Å²) in [6, 6.07) is 11.3. The first kappa shape index (κ1) is 17.2. The minimum Gasteiger partial charge on any atom is -0.508 e. The summed E-state index contributed by atoms with van der Waals surface area (Å²) in [5, 5.41) is 10.1. The molecule has 0 aromatic heterocycles. The number of nitrogens with two attached hydrogens (primary N) is 1. The number of benzene rings is 2. The normalized spacial score (nSPS) is 24.8. The van der Waals surface area contributed by atoms with Crippen molar-refractivity contribution in [1.29, 1.82) is 0 Å². The number of hydrogen-bond donors (Lipinski definition) is 2. The first-order chi connectivity index (χ1) is 13.4. The Morgan fingerprint density at radius 2 is 1.86 bits per heavy atom. The molecule has 1 saturated heterocycles. The number of nitrogens with zero attached hydrogens (tertiary/aromatic N) is 2. The second-order valence-corrected chi connectivity index (χ2v) is 8.09. The van der Waals surface area contributed by atoms with Crippen LogP contribution in [0.25, 0.3) is 0 Å². The Kier molecular flexibility index (Phi) is 3.55. The number of aromatic hydroxyl groups is 1. The van der Waals surface area contributed by atoms with E-state index in [1.54, 1.807) is 18.2 Å². The fourth-order valence-corrected chi connectivity index (χ4v) is 4.26. The number of ether oxygens (including phenoxy) is 3. The number of aliphatic imine (C=N–C) groups is 1. The van der Waals surface area contributed by atoms with Crippen LogP contribution in [0.5, 0.6) is 17.2 Å². The van der Waals surface area contributed by atoms with Gasteiger partial charge in [0.2, 0.25) is 0 Å². The van der Waals surface area contributed by atoms with E-state index in [0.29, 0.717) is 12.4 Å². The van der Waals surface area contributed by atoms with E-state index in [4.69, 9.17) is 19.9 Å². The maximum atomic E-state index is 10.1. The lowest BCUT2D eigenvalue weighted by atomic mass is 9.81. The second kappa shape index (κ2) is 5.78. The van der Waals surface area contributed by atoms with Crippen LogP contribution in [-0.2, 0) is 15.0 Å². The van der Waals surface area contributed by atoms with Crippen molar-refractivity contribution in [3.05, 3.63) is 47.5 Å². The lowest BCUT2D eigenvalue weighted by molar-refractivity contribution is -0.0277. The first-order valence-electron chi connectivity index (χ1n) is 9.39. The van der Waals surface area contributed by atoms with Crippen LogP contribution in [0.4, 0.5) is 5.69 Å². The highest BCUT2D eigenvalue weighted by Crippen LogP contribution is 2.52. The molecule has 0 amide bonds. The maximum Gasteiger partial charge on any atom is 0.283 e. The van der Waals surface area contributed by atoms with Gasteiger partial charge >= 0.3 is 0 Å². The van der Waals surface area contributed by atoms with Gasteiger partial charge in [-0.3, -0.25) is 0 Å². The smallest absolute Gasteiger partial charge is 0.283 e. The van der Waals surface area contributed by atoms with Gasteiger partial charge in [0.1, 0.15) is 23.9 Å². The standard InChI is InChI=1S/C21H23N3O4/c1-20(2)11-24(7-8-27-20)13-3-5-17-15(9-13)21(12-26-19(22)23-21)16-10-14(25)4-6-18(16)28-17/h3-6,9-10,25H,7-8,11-12H2,1-2H3,(H2,22,23). The van der Waals surface area contributed by atoms with Gasteiger partial charge in [-0.1, -0.05) is 0 Å². The number of phenolic OH excluding ortho intramolecular Hbond substituents is 1. The molecule has 7 nitrogen and oxygen atoms in total. The van der Waals surface area contributed by atoms with Gasteiger partial charge in [0.25, 0.3) is 6.02 Å². The monoisotopic (exact) mass is 381 g/mol. The molecular weight excluding hydrogens is 358 g/mol. The summed E-state index contributed by atoms with van der Waals surface area (Å²) in [5.41, 5.74) is 7.57. The molecule has 3 aliphatic heterocycles. The summed E-state index contributed by atoms with van der Waals surface area (Å²) >= 11 is 0. The van der Waals surface area contributed by atoms with Crippen LogP contribution in [0.15, 0.2) is 41.4 Å². The van der Waals surface area contributed by atoms with Crippen LogP contribution in [-0.4, -0.2) is 43.0 Å². The number of hydrogen-bond acceptors (Lipinski definition) is 7. The SMILES string of the molecule is CC1(C)CN(c2ccc3c(c2)C2(COC(N)=N2)c2cc(O)ccc2O3)CCO1. The molecule has 3 aliphatic rings. The molecule has 5 rings (SSSR count). The van der Waals surface area contributed by atoms with Crippen molar-refractivity contribution in [1.82, 2.24) is 0 Å². The Labute approximate surface area is 163 Å². The predicted molar refractivity (Wildman–Crippen MR) is 105 cm³/mol. The van der Waals surface area contributed by atoms with Crippen molar-refractivity contribution in [3.63, 3.8) is 0 Å². The molecule has 0 aliphatic carbocycles. The molecule has 3 heterocycles. The van der Waals surface area contributed by atoms with Gasteiger partial charge in [0.15, 0.2) is 5.54 Å². The van der Waals surface area contributed by atoms with Gasteiger partial charge in [-0.15, -0.1) is 0 Å². The third-order valence-electron chi connectivity index (χ3n) is 5.56. The molecule has 1 unspecified atom stereocenters. The molecule has 1 atom stereocenters. The van der Waals surface area contributed by atoms with Gasteiger partial charge in [0.05, 0.1) is 12.2 Å².